The van der Waals surface area contributed by atoms with Crippen LogP contribution in [-0.2, 0) is 0 Å². The molecule has 0 saturated carbocycles. The Bertz CT molecular complexity index is 684. The Morgan fingerprint density at radius 3 is 3.05 bits per heavy atom. The quantitative estimate of drug-likeness (QED) is 0.925. The Kier molecular flexibility index (Phi) is 3.16. The topological polar surface area (TPSA) is 36.8 Å². The maximum atomic E-state index is 12.4. The number of carbonyl (C=O) groups excluding carboxylic acids is 1. The molecule has 2 saturated heterocycles. The fourth-order valence-corrected chi connectivity index (χ4v) is 3.86. The Balaban J connectivity index is 1.50. The lowest BCUT2D eigenvalue weighted by Crippen LogP contribution is -2.47. The van der Waals surface area contributed by atoms with Crippen LogP contribution in [0.25, 0.3) is 5.52 Å². The number of pyridine rings is 1. The van der Waals surface area contributed by atoms with Gasteiger partial charge in [-0.2, -0.15) is 0 Å². The van der Waals surface area contributed by atoms with Gasteiger partial charge in [-0.1, -0.05) is 11.6 Å². The van der Waals surface area contributed by atoms with Gasteiger partial charge in [0.25, 0.3) is 5.91 Å². The normalized spacial score (nSPS) is 28.0. The summed E-state index contributed by atoms with van der Waals surface area (Å²) in [5.74, 6) is 0.768. The molecular weight excluding hydrogens is 286 g/mol. The lowest BCUT2D eigenvalue weighted by molar-refractivity contribution is 0.0909. The van der Waals surface area contributed by atoms with Crippen LogP contribution in [0.2, 0.25) is 5.02 Å². The average molecular weight is 304 g/mol. The number of hydrogen-bond donors (Lipinski definition) is 1. The van der Waals surface area contributed by atoms with Crippen molar-refractivity contribution >= 4 is 23.0 Å². The maximum Gasteiger partial charge on any atom is 0.253 e. The van der Waals surface area contributed by atoms with E-state index < -0.39 is 0 Å². The van der Waals surface area contributed by atoms with Gasteiger partial charge < -0.3 is 14.6 Å². The van der Waals surface area contributed by atoms with E-state index in [4.69, 9.17) is 11.6 Å². The Hall–Kier alpha value is -1.52. The molecule has 2 aromatic heterocycles. The highest BCUT2D eigenvalue weighted by molar-refractivity contribution is 6.34. The summed E-state index contributed by atoms with van der Waals surface area (Å²) in [5, 5.41) is 3.89. The van der Waals surface area contributed by atoms with Gasteiger partial charge in [-0.25, -0.2) is 0 Å². The second kappa shape index (κ2) is 5.04. The minimum atomic E-state index is 0.00854. The van der Waals surface area contributed by atoms with E-state index in [9.17, 15) is 4.79 Å². The number of aromatic nitrogens is 1. The van der Waals surface area contributed by atoms with Crippen LogP contribution >= 0.6 is 11.6 Å². The molecule has 21 heavy (non-hydrogen) atoms. The second-order valence-corrected chi connectivity index (χ2v) is 6.60. The van der Waals surface area contributed by atoms with E-state index >= 15 is 0 Å². The number of halogens is 1. The molecule has 4 rings (SSSR count). The van der Waals surface area contributed by atoms with Crippen molar-refractivity contribution in [2.75, 3.05) is 19.6 Å². The summed E-state index contributed by atoms with van der Waals surface area (Å²) < 4.78 is 1.89. The third kappa shape index (κ3) is 2.43. The van der Waals surface area contributed by atoms with Crippen molar-refractivity contribution in [1.29, 1.82) is 0 Å². The van der Waals surface area contributed by atoms with Crippen LogP contribution in [0.5, 0.6) is 0 Å². The van der Waals surface area contributed by atoms with Gasteiger partial charge in [0.15, 0.2) is 0 Å². The van der Waals surface area contributed by atoms with Crippen molar-refractivity contribution in [3.05, 3.63) is 41.2 Å². The number of amides is 1. The molecule has 0 aliphatic carbocycles. The summed E-state index contributed by atoms with van der Waals surface area (Å²) in [6.07, 6.45) is 6.11. The van der Waals surface area contributed by atoms with Crippen molar-refractivity contribution in [2.45, 2.75) is 18.9 Å². The third-order valence-corrected chi connectivity index (χ3v) is 4.99. The molecular formula is C16H18ClN3O. The monoisotopic (exact) mass is 303 g/mol. The highest BCUT2D eigenvalue weighted by atomic mass is 35.5. The van der Waals surface area contributed by atoms with Crippen LogP contribution in [0.15, 0.2) is 30.6 Å². The zero-order valence-electron chi connectivity index (χ0n) is 11.8. The minimum absolute atomic E-state index is 0.00854. The van der Waals surface area contributed by atoms with E-state index in [1.807, 2.05) is 35.0 Å². The number of fused-ring (bicyclic) bond motifs is 3. The van der Waals surface area contributed by atoms with Crippen molar-refractivity contribution in [3.8, 4) is 0 Å². The summed E-state index contributed by atoms with van der Waals surface area (Å²) in [5.41, 5.74) is 1.61. The van der Waals surface area contributed by atoms with Gasteiger partial charge >= 0.3 is 0 Å². The second-order valence-electron chi connectivity index (χ2n) is 6.19. The first kappa shape index (κ1) is 13.2. The predicted molar refractivity (Wildman–Crippen MR) is 82.8 cm³/mol. The molecule has 4 nitrogen and oxygen atoms in total. The lowest BCUT2D eigenvalue weighted by Gasteiger charge is -2.30. The molecule has 2 aliphatic rings. The van der Waals surface area contributed by atoms with Gasteiger partial charge in [-0.05, 0) is 43.5 Å². The number of piperidine rings is 1. The number of rotatable bonds is 2. The average Bonchev–Trinajstić information content (AvgIpc) is 3.02. The summed E-state index contributed by atoms with van der Waals surface area (Å²) in [6, 6.07) is 5.85. The highest BCUT2D eigenvalue weighted by Gasteiger charge is 2.32. The van der Waals surface area contributed by atoms with Crippen LogP contribution in [-0.4, -0.2) is 40.9 Å². The summed E-state index contributed by atoms with van der Waals surface area (Å²) in [4.78, 5) is 14.9. The standard InChI is InChI=1S/C16H18ClN3O/c17-14-4-6-20-9-12(1-2-15(14)20)16(21)18-13-7-11-3-5-19(8-11)10-13/h1-2,4,6,9,11,13H,3,5,7-8,10H2,(H,18,21)/t11-,13-/m1/s1. The van der Waals surface area contributed by atoms with E-state index in [2.05, 4.69) is 10.2 Å². The molecule has 3 atom stereocenters. The molecule has 1 N–H and O–H groups in total. The summed E-state index contributed by atoms with van der Waals surface area (Å²) in [7, 11) is 0. The Morgan fingerprint density at radius 2 is 2.19 bits per heavy atom. The minimum Gasteiger partial charge on any atom is -0.348 e. The Labute approximate surface area is 128 Å². The maximum absolute atomic E-state index is 12.4. The summed E-state index contributed by atoms with van der Waals surface area (Å²) >= 11 is 6.07. The Morgan fingerprint density at radius 1 is 1.29 bits per heavy atom. The first-order valence-corrected chi connectivity index (χ1v) is 7.86. The fraction of sp³-hybridized carbons (Fsp3) is 0.438. The third-order valence-electron chi connectivity index (χ3n) is 4.67. The molecule has 2 aliphatic heterocycles. The molecule has 2 bridgehead atoms. The van der Waals surface area contributed by atoms with Gasteiger partial charge in [0.1, 0.15) is 0 Å². The van der Waals surface area contributed by atoms with Crippen molar-refractivity contribution in [2.24, 2.45) is 5.92 Å². The molecule has 1 unspecified atom stereocenters. The van der Waals surface area contributed by atoms with Gasteiger partial charge in [-0.15, -0.1) is 0 Å². The molecule has 0 aromatic carbocycles. The van der Waals surface area contributed by atoms with Crippen LogP contribution in [0.1, 0.15) is 23.2 Å². The lowest BCUT2D eigenvalue weighted by atomic mass is 9.96. The first-order valence-electron chi connectivity index (χ1n) is 7.48. The van der Waals surface area contributed by atoms with E-state index in [0.717, 1.165) is 24.4 Å². The number of hydrogen-bond acceptors (Lipinski definition) is 2. The number of nitrogens with one attached hydrogen (secondary N) is 1. The molecule has 0 spiro atoms. The van der Waals surface area contributed by atoms with Gasteiger partial charge in [0.05, 0.1) is 16.1 Å². The van der Waals surface area contributed by atoms with Gasteiger partial charge in [0.2, 0.25) is 0 Å². The molecule has 5 heteroatoms. The van der Waals surface area contributed by atoms with E-state index in [1.165, 1.54) is 19.5 Å². The van der Waals surface area contributed by atoms with Gasteiger partial charge in [0, 0.05) is 31.5 Å². The number of carbonyl (C=O) groups is 1. The molecule has 2 fully saturated rings. The van der Waals surface area contributed by atoms with Crippen LogP contribution in [0, 0.1) is 5.92 Å². The largest absolute Gasteiger partial charge is 0.348 e. The van der Waals surface area contributed by atoms with Crippen LogP contribution < -0.4 is 5.32 Å². The number of nitrogens with zero attached hydrogens (tertiary/aromatic N) is 2. The zero-order valence-corrected chi connectivity index (χ0v) is 12.5. The van der Waals surface area contributed by atoms with E-state index in [1.54, 1.807) is 0 Å². The molecule has 110 valence electrons. The van der Waals surface area contributed by atoms with E-state index in [0.29, 0.717) is 10.6 Å². The van der Waals surface area contributed by atoms with Crippen LogP contribution in [0.3, 0.4) is 0 Å². The van der Waals surface area contributed by atoms with Crippen LogP contribution in [0.4, 0.5) is 0 Å². The van der Waals surface area contributed by atoms with E-state index in [-0.39, 0.29) is 11.9 Å². The fourth-order valence-electron chi connectivity index (χ4n) is 3.64. The smallest absolute Gasteiger partial charge is 0.253 e. The molecule has 0 radical (unpaired) electrons. The molecule has 1 amide bonds. The molecule has 4 heterocycles. The van der Waals surface area contributed by atoms with Gasteiger partial charge in [-0.3, -0.25) is 4.79 Å². The zero-order chi connectivity index (χ0) is 14.4. The van der Waals surface area contributed by atoms with Crippen molar-refractivity contribution in [3.63, 3.8) is 0 Å². The SMILES string of the molecule is O=C(N[C@@H]1C[C@H]2CCN(C2)C1)c1ccc2c(Cl)ccn2c1. The highest BCUT2D eigenvalue weighted by Crippen LogP contribution is 2.27. The molecule has 2 aromatic rings. The first-order chi connectivity index (χ1) is 10.2. The predicted octanol–water partition coefficient (Wildman–Crippen LogP) is 2.42. The van der Waals surface area contributed by atoms with Crippen molar-refractivity contribution in [1.82, 2.24) is 14.6 Å². The summed E-state index contributed by atoms with van der Waals surface area (Å²) in [6.45, 7) is 3.38. The van der Waals surface area contributed by atoms with Crippen molar-refractivity contribution < 1.29 is 4.79 Å².